The molecule has 0 spiro atoms. The Morgan fingerprint density at radius 3 is 2.29 bits per heavy atom. The molecule has 2 aromatic carbocycles. The van der Waals surface area contributed by atoms with Gasteiger partial charge in [0.2, 0.25) is 0 Å². The molecule has 0 fully saturated rings. The summed E-state index contributed by atoms with van der Waals surface area (Å²) in [5, 5.41) is 4.14. The Morgan fingerprint density at radius 1 is 0.958 bits per heavy atom. The standard InChI is InChI=1S/C17H14Cl3NO3/c18-13-4-1-11(2-5-13)9-21-16(22)10-24-17(23)7-12-3-6-14(19)8-15(12)20/h1-6,8H,7,9-10H2,(H,21,22). The van der Waals surface area contributed by atoms with E-state index in [0.29, 0.717) is 27.2 Å². The first-order valence-electron chi connectivity index (χ1n) is 7.05. The molecule has 1 amide bonds. The van der Waals surface area contributed by atoms with Gasteiger partial charge in [0.15, 0.2) is 6.61 Å². The van der Waals surface area contributed by atoms with Gasteiger partial charge in [-0.05, 0) is 35.4 Å². The molecule has 0 aliphatic rings. The maximum atomic E-state index is 11.8. The first-order valence-corrected chi connectivity index (χ1v) is 8.18. The SMILES string of the molecule is O=C(COC(=O)Cc1ccc(Cl)cc1Cl)NCc1ccc(Cl)cc1. The molecule has 0 saturated carbocycles. The topological polar surface area (TPSA) is 55.4 Å². The summed E-state index contributed by atoms with van der Waals surface area (Å²) in [6, 6.07) is 11.9. The van der Waals surface area contributed by atoms with E-state index in [4.69, 9.17) is 39.5 Å². The van der Waals surface area contributed by atoms with E-state index in [9.17, 15) is 9.59 Å². The molecule has 24 heavy (non-hydrogen) atoms. The van der Waals surface area contributed by atoms with Crippen molar-refractivity contribution in [2.24, 2.45) is 0 Å². The van der Waals surface area contributed by atoms with Gasteiger partial charge in [-0.2, -0.15) is 0 Å². The van der Waals surface area contributed by atoms with Crippen molar-refractivity contribution in [2.45, 2.75) is 13.0 Å². The quantitative estimate of drug-likeness (QED) is 0.762. The molecule has 0 radical (unpaired) electrons. The molecule has 2 rings (SSSR count). The third kappa shape index (κ3) is 6.04. The van der Waals surface area contributed by atoms with E-state index in [1.54, 1.807) is 42.5 Å². The summed E-state index contributed by atoms with van der Waals surface area (Å²) >= 11 is 17.6. The number of nitrogens with one attached hydrogen (secondary N) is 1. The number of benzene rings is 2. The van der Waals surface area contributed by atoms with E-state index < -0.39 is 5.97 Å². The number of hydrogen-bond acceptors (Lipinski definition) is 3. The summed E-state index contributed by atoms with van der Waals surface area (Å²) in [4.78, 5) is 23.5. The Hall–Kier alpha value is -1.75. The zero-order valence-electron chi connectivity index (χ0n) is 12.5. The summed E-state index contributed by atoms with van der Waals surface area (Å²) in [6.07, 6.45) is -0.0273. The lowest BCUT2D eigenvalue weighted by Gasteiger charge is -2.08. The number of amides is 1. The van der Waals surface area contributed by atoms with Crippen LogP contribution >= 0.6 is 34.8 Å². The van der Waals surface area contributed by atoms with Gasteiger partial charge in [0.25, 0.3) is 5.91 Å². The number of carbonyl (C=O) groups excluding carboxylic acids is 2. The number of hydrogen-bond donors (Lipinski definition) is 1. The van der Waals surface area contributed by atoms with Crippen LogP contribution in [0.1, 0.15) is 11.1 Å². The summed E-state index contributed by atoms with van der Waals surface area (Å²) < 4.78 is 4.94. The van der Waals surface area contributed by atoms with Crippen LogP contribution in [0.2, 0.25) is 15.1 Å². The minimum Gasteiger partial charge on any atom is -0.455 e. The molecule has 0 aliphatic heterocycles. The molecule has 0 aromatic heterocycles. The lowest BCUT2D eigenvalue weighted by Crippen LogP contribution is -2.28. The van der Waals surface area contributed by atoms with Crippen LogP contribution in [0.4, 0.5) is 0 Å². The first-order chi connectivity index (χ1) is 11.4. The highest BCUT2D eigenvalue weighted by atomic mass is 35.5. The molecule has 0 saturated heterocycles. The predicted octanol–water partition coefficient (Wildman–Crippen LogP) is 4.05. The van der Waals surface area contributed by atoms with Gasteiger partial charge in [-0.25, -0.2) is 0 Å². The molecule has 126 valence electrons. The van der Waals surface area contributed by atoms with Gasteiger partial charge in [-0.3, -0.25) is 9.59 Å². The summed E-state index contributed by atoms with van der Waals surface area (Å²) in [6.45, 7) is -0.0196. The molecule has 0 aliphatic carbocycles. The van der Waals surface area contributed by atoms with E-state index in [-0.39, 0.29) is 18.9 Å². The smallest absolute Gasteiger partial charge is 0.310 e. The molecule has 7 heteroatoms. The lowest BCUT2D eigenvalue weighted by molar-refractivity contribution is -0.147. The van der Waals surface area contributed by atoms with E-state index in [0.717, 1.165) is 5.56 Å². The Kier molecular flexibility index (Phi) is 6.91. The Balaban J connectivity index is 1.74. The van der Waals surface area contributed by atoms with Gasteiger partial charge in [-0.15, -0.1) is 0 Å². The Labute approximate surface area is 154 Å². The summed E-state index contributed by atoms with van der Waals surface area (Å²) in [5.74, 6) is -0.929. The fourth-order valence-corrected chi connectivity index (χ4v) is 2.47. The fraction of sp³-hybridized carbons (Fsp3) is 0.176. The van der Waals surface area contributed by atoms with Gasteiger partial charge < -0.3 is 10.1 Å². The fourth-order valence-electron chi connectivity index (χ4n) is 1.87. The number of halogens is 3. The number of rotatable bonds is 6. The molecule has 4 nitrogen and oxygen atoms in total. The lowest BCUT2D eigenvalue weighted by atomic mass is 10.1. The van der Waals surface area contributed by atoms with Crippen molar-refractivity contribution in [3.8, 4) is 0 Å². The van der Waals surface area contributed by atoms with Gasteiger partial charge in [0.1, 0.15) is 0 Å². The van der Waals surface area contributed by atoms with Crippen LogP contribution < -0.4 is 5.32 Å². The van der Waals surface area contributed by atoms with Crippen LogP contribution in [-0.4, -0.2) is 18.5 Å². The number of ether oxygens (including phenoxy) is 1. The molecule has 2 aromatic rings. The van der Waals surface area contributed by atoms with Crippen LogP contribution in [-0.2, 0) is 27.3 Å². The van der Waals surface area contributed by atoms with Crippen LogP contribution in [0.5, 0.6) is 0 Å². The normalized spacial score (nSPS) is 10.3. The predicted molar refractivity (Wildman–Crippen MR) is 94.4 cm³/mol. The van der Waals surface area contributed by atoms with E-state index in [2.05, 4.69) is 5.32 Å². The maximum absolute atomic E-state index is 11.8. The van der Waals surface area contributed by atoms with Gasteiger partial charge >= 0.3 is 5.97 Å². The summed E-state index contributed by atoms with van der Waals surface area (Å²) in [5.41, 5.74) is 1.49. The van der Waals surface area contributed by atoms with Crippen molar-refractivity contribution in [1.82, 2.24) is 5.32 Å². The maximum Gasteiger partial charge on any atom is 0.310 e. The van der Waals surface area contributed by atoms with Crippen molar-refractivity contribution >= 4 is 46.7 Å². The monoisotopic (exact) mass is 385 g/mol. The second kappa shape index (κ2) is 8.92. The molecular weight excluding hydrogens is 373 g/mol. The van der Waals surface area contributed by atoms with Crippen LogP contribution in [0.15, 0.2) is 42.5 Å². The molecule has 0 atom stereocenters. The number of esters is 1. The van der Waals surface area contributed by atoms with Crippen molar-refractivity contribution in [2.75, 3.05) is 6.61 Å². The third-order valence-corrected chi connectivity index (χ3v) is 3.96. The van der Waals surface area contributed by atoms with Crippen LogP contribution in [0, 0.1) is 0 Å². The van der Waals surface area contributed by atoms with Crippen LogP contribution in [0.3, 0.4) is 0 Å². The average Bonchev–Trinajstić information content (AvgIpc) is 2.55. The zero-order valence-corrected chi connectivity index (χ0v) is 14.8. The average molecular weight is 387 g/mol. The molecule has 0 unspecified atom stereocenters. The van der Waals surface area contributed by atoms with E-state index >= 15 is 0 Å². The highest BCUT2D eigenvalue weighted by molar-refractivity contribution is 6.35. The second-order valence-electron chi connectivity index (χ2n) is 4.98. The number of carbonyl (C=O) groups is 2. The molecule has 0 heterocycles. The van der Waals surface area contributed by atoms with Crippen molar-refractivity contribution < 1.29 is 14.3 Å². The Bertz CT molecular complexity index is 732. The highest BCUT2D eigenvalue weighted by Crippen LogP contribution is 2.21. The van der Waals surface area contributed by atoms with Gasteiger partial charge in [-0.1, -0.05) is 53.0 Å². The molecule has 1 N–H and O–H groups in total. The Morgan fingerprint density at radius 2 is 1.62 bits per heavy atom. The first kappa shape index (κ1) is 18.6. The minimum absolute atomic E-state index is 0.0273. The van der Waals surface area contributed by atoms with Crippen molar-refractivity contribution in [3.05, 3.63) is 68.7 Å². The van der Waals surface area contributed by atoms with E-state index in [1.165, 1.54) is 0 Å². The zero-order chi connectivity index (χ0) is 17.5. The van der Waals surface area contributed by atoms with Crippen molar-refractivity contribution in [1.29, 1.82) is 0 Å². The van der Waals surface area contributed by atoms with E-state index in [1.807, 2.05) is 0 Å². The van der Waals surface area contributed by atoms with Gasteiger partial charge in [0, 0.05) is 21.6 Å². The third-order valence-electron chi connectivity index (χ3n) is 3.12. The van der Waals surface area contributed by atoms with Gasteiger partial charge in [0.05, 0.1) is 6.42 Å². The molecule has 0 bridgehead atoms. The minimum atomic E-state index is -0.541. The summed E-state index contributed by atoms with van der Waals surface area (Å²) in [7, 11) is 0. The largest absolute Gasteiger partial charge is 0.455 e. The molecular formula is C17H14Cl3NO3. The van der Waals surface area contributed by atoms with Crippen molar-refractivity contribution in [3.63, 3.8) is 0 Å². The second-order valence-corrected chi connectivity index (χ2v) is 6.26. The highest BCUT2D eigenvalue weighted by Gasteiger charge is 2.11. The van der Waals surface area contributed by atoms with Crippen LogP contribution in [0.25, 0.3) is 0 Å².